The van der Waals surface area contributed by atoms with Crippen molar-refractivity contribution >= 4 is 5.91 Å². The molecule has 126 valence electrons. The maximum absolute atomic E-state index is 12.5. The second kappa shape index (κ2) is 7.41. The van der Waals surface area contributed by atoms with Gasteiger partial charge in [0.1, 0.15) is 0 Å². The Morgan fingerprint density at radius 1 is 1.35 bits per heavy atom. The topological polar surface area (TPSA) is 57.3 Å². The third-order valence-electron chi connectivity index (χ3n) is 4.96. The molecule has 1 aliphatic carbocycles. The van der Waals surface area contributed by atoms with E-state index in [1.807, 2.05) is 25.1 Å². The first-order valence-corrected chi connectivity index (χ1v) is 8.77. The van der Waals surface area contributed by atoms with Gasteiger partial charge in [-0.15, -0.1) is 0 Å². The standard InChI is InChI=1S/C18H28N4O/c1-13-4-3-5-16(20-13)18(14-6-7-14)21-17(23)12-22(2)15-8-10-19-11-9-15/h3-5,14-15,18-19H,6-12H2,1-2H3,(H,21,23). The van der Waals surface area contributed by atoms with Crippen molar-refractivity contribution in [2.24, 2.45) is 5.92 Å². The van der Waals surface area contributed by atoms with Crippen LogP contribution in [0.3, 0.4) is 0 Å². The van der Waals surface area contributed by atoms with Crippen LogP contribution in [0.2, 0.25) is 0 Å². The van der Waals surface area contributed by atoms with E-state index in [0.717, 1.165) is 37.3 Å². The summed E-state index contributed by atoms with van der Waals surface area (Å²) in [7, 11) is 2.06. The Kier molecular flexibility index (Phi) is 5.28. The summed E-state index contributed by atoms with van der Waals surface area (Å²) in [5.74, 6) is 0.670. The molecular weight excluding hydrogens is 288 g/mol. The summed E-state index contributed by atoms with van der Waals surface area (Å²) < 4.78 is 0. The number of piperidine rings is 1. The average Bonchev–Trinajstić information content (AvgIpc) is 3.38. The smallest absolute Gasteiger partial charge is 0.234 e. The van der Waals surface area contributed by atoms with E-state index in [2.05, 4.69) is 27.6 Å². The van der Waals surface area contributed by atoms with Crippen LogP contribution in [0.5, 0.6) is 0 Å². The van der Waals surface area contributed by atoms with E-state index in [-0.39, 0.29) is 11.9 Å². The summed E-state index contributed by atoms with van der Waals surface area (Å²) >= 11 is 0. The summed E-state index contributed by atoms with van der Waals surface area (Å²) in [6.07, 6.45) is 4.61. The van der Waals surface area contributed by atoms with Crippen LogP contribution in [0.4, 0.5) is 0 Å². The monoisotopic (exact) mass is 316 g/mol. The maximum Gasteiger partial charge on any atom is 0.234 e. The fourth-order valence-corrected chi connectivity index (χ4v) is 3.42. The average molecular weight is 316 g/mol. The number of hydrogen-bond donors (Lipinski definition) is 2. The number of aryl methyl sites for hydroxylation is 1. The first-order chi connectivity index (χ1) is 11.1. The molecule has 1 aliphatic heterocycles. The largest absolute Gasteiger partial charge is 0.346 e. The Balaban J connectivity index is 1.58. The molecule has 1 aromatic rings. The third-order valence-corrected chi connectivity index (χ3v) is 4.96. The molecule has 0 radical (unpaired) electrons. The molecule has 1 atom stereocenters. The maximum atomic E-state index is 12.5. The molecule has 0 spiro atoms. The molecule has 1 aromatic heterocycles. The molecule has 2 aliphatic rings. The van der Waals surface area contributed by atoms with E-state index in [1.165, 1.54) is 12.8 Å². The summed E-state index contributed by atoms with van der Waals surface area (Å²) in [5.41, 5.74) is 2.01. The van der Waals surface area contributed by atoms with Crippen molar-refractivity contribution in [1.29, 1.82) is 0 Å². The number of likely N-dealkylation sites (N-methyl/N-ethyl adjacent to an activating group) is 1. The number of aromatic nitrogens is 1. The molecule has 2 fully saturated rings. The second-order valence-corrected chi connectivity index (χ2v) is 6.98. The molecule has 0 aromatic carbocycles. The van der Waals surface area contributed by atoms with Gasteiger partial charge in [-0.2, -0.15) is 0 Å². The van der Waals surface area contributed by atoms with Crippen LogP contribution in [0.1, 0.15) is 43.1 Å². The highest BCUT2D eigenvalue weighted by molar-refractivity contribution is 5.78. The molecule has 5 heteroatoms. The molecule has 1 saturated heterocycles. The predicted octanol–water partition coefficient (Wildman–Crippen LogP) is 1.64. The van der Waals surface area contributed by atoms with Crippen LogP contribution in [0, 0.1) is 12.8 Å². The molecule has 1 saturated carbocycles. The first-order valence-electron chi connectivity index (χ1n) is 8.77. The zero-order valence-corrected chi connectivity index (χ0v) is 14.2. The lowest BCUT2D eigenvalue weighted by Gasteiger charge is -2.31. The minimum Gasteiger partial charge on any atom is -0.346 e. The molecule has 23 heavy (non-hydrogen) atoms. The van der Waals surface area contributed by atoms with Crippen LogP contribution in [-0.2, 0) is 4.79 Å². The van der Waals surface area contributed by atoms with E-state index in [0.29, 0.717) is 18.5 Å². The minimum atomic E-state index is 0.0730. The lowest BCUT2D eigenvalue weighted by Crippen LogP contribution is -2.46. The number of hydrogen-bond acceptors (Lipinski definition) is 4. The first kappa shape index (κ1) is 16.4. The molecule has 3 rings (SSSR count). The van der Waals surface area contributed by atoms with Gasteiger partial charge in [0.15, 0.2) is 0 Å². The number of rotatable bonds is 6. The summed E-state index contributed by atoms with van der Waals surface area (Å²) in [6.45, 7) is 4.57. The van der Waals surface area contributed by atoms with Gasteiger partial charge in [0.05, 0.1) is 18.3 Å². The van der Waals surface area contributed by atoms with Gasteiger partial charge in [-0.05, 0) is 70.8 Å². The van der Waals surface area contributed by atoms with Gasteiger partial charge in [-0.3, -0.25) is 14.7 Å². The number of nitrogens with zero attached hydrogens (tertiary/aromatic N) is 2. The van der Waals surface area contributed by atoms with Crippen LogP contribution in [-0.4, -0.2) is 48.5 Å². The quantitative estimate of drug-likeness (QED) is 0.838. The highest BCUT2D eigenvalue weighted by Crippen LogP contribution is 2.40. The number of nitrogens with one attached hydrogen (secondary N) is 2. The van der Waals surface area contributed by atoms with Crippen LogP contribution < -0.4 is 10.6 Å². The Labute approximate surface area is 138 Å². The highest BCUT2D eigenvalue weighted by Gasteiger charge is 2.34. The molecule has 5 nitrogen and oxygen atoms in total. The van der Waals surface area contributed by atoms with Gasteiger partial charge in [0.25, 0.3) is 0 Å². The van der Waals surface area contributed by atoms with Gasteiger partial charge in [0, 0.05) is 11.7 Å². The van der Waals surface area contributed by atoms with Gasteiger partial charge in [0.2, 0.25) is 5.91 Å². The lowest BCUT2D eigenvalue weighted by molar-refractivity contribution is -0.123. The van der Waals surface area contributed by atoms with E-state index >= 15 is 0 Å². The van der Waals surface area contributed by atoms with Crippen LogP contribution in [0.25, 0.3) is 0 Å². The third kappa shape index (κ3) is 4.52. The number of carbonyl (C=O) groups is 1. The lowest BCUT2D eigenvalue weighted by atomic mass is 10.1. The molecule has 1 unspecified atom stereocenters. The molecule has 2 heterocycles. The van der Waals surface area contributed by atoms with Crippen molar-refractivity contribution in [3.63, 3.8) is 0 Å². The van der Waals surface area contributed by atoms with E-state index in [4.69, 9.17) is 0 Å². The van der Waals surface area contributed by atoms with Crippen molar-refractivity contribution in [2.45, 2.75) is 44.7 Å². The highest BCUT2D eigenvalue weighted by atomic mass is 16.2. The Bertz CT molecular complexity index is 538. The Hall–Kier alpha value is -1.46. The Morgan fingerprint density at radius 2 is 2.09 bits per heavy atom. The minimum absolute atomic E-state index is 0.0730. The van der Waals surface area contributed by atoms with Crippen LogP contribution >= 0.6 is 0 Å². The fourth-order valence-electron chi connectivity index (χ4n) is 3.42. The van der Waals surface area contributed by atoms with Crippen molar-refractivity contribution < 1.29 is 4.79 Å². The summed E-state index contributed by atoms with van der Waals surface area (Å²) in [6, 6.07) is 6.65. The number of amides is 1. The Morgan fingerprint density at radius 3 is 2.74 bits per heavy atom. The molecule has 2 N–H and O–H groups in total. The predicted molar refractivity (Wildman–Crippen MR) is 91.1 cm³/mol. The van der Waals surface area contributed by atoms with E-state index in [1.54, 1.807) is 0 Å². The van der Waals surface area contributed by atoms with Crippen LogP contribution in [0.15, 0.2) is 18.2 Å². The van der Waals surface area contributed by atoms with Gasteiger partial charge in [-0.1, -0.05) is 6.07 Å². The number of pyridine rings is 1. The summed E-state index contributed by atoms with van der Waals surface area (Å²) in [4.78, 5) is 19.3. The normalized spacial score (nSPS) is 20.5. The van der Waals surface area contributed by atoms with Crippen molar-refractivity contribution in [1.82, 2.24) is 20.5 Å². The van der Waals surface area contributed by atoms with Crippen molar-refractivity contribution in [3.05, 3.63) is 29.6 Å². The zero-order chi connectivity index (χ0) is 16.2. The molecule has 1 amide bonds. The van der Waals surface area contributed by atoms with E-state index in [9.17, 15) is 4.79 Å². The van der Waals surface area contributed by atoms with Crippen molar-refractivity contribution in [2.75, 3.05) is 26.7 Å². The fraction of sp³-hybridized carbons (Fsp3) is 0.667. The van der Waals surface area contributed by atoms with Gasteiger partial charge < -0.3 is 10.6 Å². The molecule has 0 bridgehead atoms. The second-order valence-electron chi connectivity index (χ2n) is 6.98. The van der Waals surface area contributed by atoms with Gasteiger partial charge >= 0.3 is 0 Å². The van der Waals surface area contributed by atoms with E-state index < -0.39 is 0 Å². The number of carbonyl (C=O) groups excluding carboxylic acids is 1. The van der Waals surface area contributed by atoms with Gasteiger partial charge in [-0.25, -0.2) is 0 Å². The van der Waals surface area contributed by atoms with Crippen molar-refractivity contribution in [3.8, 4) is 0 Å². The zero-order valence-electron chi connectivity index (χ0n) is 14.2. The molecular formula is C18H28N4O. The SMILES string of the molecule is Cc1cccc(C(NC(=O)CN(C)C2CCNCC2)C2CC2)n1. The summed E-state index contributed by atoms with van der Waals surface area (Å²) in [5, 5.41) is 6.60.